The van der Waals surface area contributed by atoms with E-state index in [1.165, 1.54) is 0 Å². The molecule has 0 spiro atoms. The molecule has 0 heterocycles. The molecule has 0 saturated heterocycles. The van der Waals surface area contributed by atoms with E-state index in [0.717, 1.165) is 109 Å². The van der Waals surface area contributed by atoms with Gasteiger partial charge in [0.15, 0.2) is 6.10 Å². The van der Waals surface area contributed by atoms with Gasteiger partial charge in [0.05, 0.1) is 26.2 Å². The van der Waals surface area contributed by atoms with Crippen LogP contribution in [0.25, 0.3) is 0 Å². The van der Waals surface area contributed by atoms with Gasteiger partial charge in [-0.2, -0.15) is 0 Å². The van der Waals surface area contributed by atoms with E-state index in [1.54, 1.807) is 6.08 Å². The zero-order chi connectivity index (χ0) is 54.1. The Morgan fingerprint density at radius 3 is 1.14 bits per heavy atom. The Bertz CT molecular complexity index is 1840. The van der Waals surface area contributed by atoms with Gasteiger partial charge >= 0.3 is 25.7 Å². The molecule has 3 atom stereocenters. The molecule has 0 aliphatic carbocycles. The van der Waals surface area contributed by atoms with Gasteiger partial charge < -0.3 is 24.2 Å². The molecular weight excluding hydrogens is 952 g/mol. The summed E-state index contributed by atoms with van der Waals surface area (Å²) in [5.41, 5.74) is 0. The summed E-state index contributed by atoms with van der Waals surface area (Å²) in [6, 6.07) is 0. The lowest BCUT2D eigenvalue weighted by molar-refractivity contribution is -0.161. The maximum absolute atomic E-state index is 12.9. The quantitative estimate of drug-likeness (QED) is 0.0197. The van der Waals surface area contributed by atoms with Crippen molar-refractivity contribution in [3.05, 3.63) is 158 Å². The molecule has 2 N–H and O–H groups in total. The number of aliphatic hydroxyl groups is 1. The molecule has 414 valence electrons. The minimum Gasteiger partial charge on any atom is -0.461 e. The first-order valence-corrected chi connectivity index (χ1v) is 28.9. The average Bonchev–Trinajstić information content (AvgIpc) is 3.39. The third-order valence-electron chi connectivity index (χ3n) is 10.5. The molecule has 0 aliphatic heterocycles. The molecule has 0 aromatic carbocycles. The number of carbonyl (C=O) groups excluding carboxylic acids is 3. The van der Waals surface area contributed by atoms with Crippen molar-refractivity contribution in [3.8, 4) is 0 Å². The van der Waals surface area contributed by atoms with Crippen molar-refractivity contribution in [2.24, 2.45) is 0 Å². The SMILES string of the molecule is CC/C=C\C/C=C\C/C=C\C/C=C\C/C=C\CCCC(=O)OC(COC(=O)C/C=C\C/C=C\C/C=C\C/C=C\C/C=C\CC)COP(=O)(O)OCC(CO)OC(=O)CCCCCCC/C=C\C/C=C\C/C=C\CC. The fraction of sp³-hybridized carbons (Fsp3) is 0.532. The van der Waals surface area contributed by atoms with E-state index in [0.29, 0.717) is 25.7 Å². The summed E-state index contributed by atoms with van der Waals surface area (Å²) in [7, 11) is -4.80. The standard InChI is InChI=1S/C62H95O11P/c1-4-7-10-13-16-19-22-25-28-29-32-35-38-41-44-47-50-53-62(66)73-59(55-69-60(64)51-48-45-42-39-36-33-30-26-23-20-17-14-11-8-5-2)57-71-74(67,68)70-56-58(54-63)72-61(65)52-49-46-43-40-37-34-31-27-24-21-18-15-12-9-6-3/h7-12,16-21,25-28,30-32,35-36,39,41,44-45,48,58-59,63H,4-6,13-15,22-24,29,33-34,37-38,40,42-43,46-47,49-57H2,1-3H3,(H,67,68)/b10-7-,11-8-,12-9-,19-16-,20-17-,21-18-,28-25-,30-26-,31-27-,35-32-,39-36-,44-41-,48-45-. The molecule has 74 heavy (non-hydrogen) atoms. The van der Waals surface area contributed by atoms with Crippen LogP contribution in [0.5, 0.6) is 0 Å². The van der Waals surface area contributed by atoms with Crippen LogP contribution in [-0.2, 0) is 42.2 Å². The van der Waals surface area contributed by atoms with Crippen LogP contribution >= 0.6 is 7.82 Å². The number of phosphoric acid groups is 1. The monoisotopic (exact) mass is 1050 g/mol. The average molecular weight is 1050 g/mol. The molecule has 11 nitrogen and oxygen atoms in total. The topological polar surface area (TPSA) is 155 Å². The van der Waals surface area contributed by atoms with Crippen molar-refractivity contribution >= 4 is 25.7 Å². The van der Waals surface area contributed by atoms with E-state index in [1.807, 2.05) is 30.4 Å². The summed E-state index contributed by atoms with van der Waals surface area (Å²) in [5, 5.41) is 9.80. The lowest BCUT2D eigenvalue weighted by Crippen LogP contribution is -2.30. The fourth-order valence-electron chi connectivity index (χ4n) is 6.42. The van der Waals surface area contributed by atoms with Crippen LogP contribution in [0, 0.1) is 0 Å². The molecule has 0 rings (SSSR count). The Morgan fingerprint density at radius 1 is 0.392 bits per heavy atom. The van der Waals surface area contributed by atoms with Crippen molar-refractivity contribution < 1.29 is 52.2 Å². The number of carbonyl (C=O) groups is 3. The van der Waals surface area contributed by atoms with E-state index < -0.39 is 64.4 Å². The zero-order valence-electron chi connectivity index (χ0n) is 45.5. The Balaban J connectivity index is 4.97. The van der Waals surface area contributed by atoms with Crippen LogP contribution in [0.3, 0.4) is 0 Å². The normalized spacial score (nSPS) is 14.6. The highest BCUT2D eigenvalue weighted by Gasteiger charge is 2.28. The molecule has 0 amide bonds. The number of hydrogen-bond acceptors (Lipinski definition) is 10. The number of aliphatic hydroxyl groups excluding tert-OH is 1. The number of ether oxygens (including phenoxy) is 3. The number of phosphoric ester groups is 1. The summed E-state index contributed by atoms with van der Waals surface area (Å²) in [5.74, 6) is -1.73. The lowest BCUT2D eigenvalue weighted by atomic mass is 10.1. The molecule has 0 bridgehead atoms. The number of hydrogen-bond donors (Lipinski definition) is 2. The summed E-state index contributed by atoms with van der Waals surface area (Å²) in [4.78, 5) is 48.4. The highest BCUT2D eigenvalue weighted by molar-refractivity contribution is 7.47. The molecule has 0 aromatic heterocycles. The highest BCUT2D eigenvalue weighted by atomic mass is 31.2. The highest BCUT2D eigenvalue weighted by Crippen LogP contribution is 2.43. The Labute approximate surface area is 447 Å². The summed E-state index contributed by atoms with van der Waals surface area (Å²) in [6.07, 6.45) is 71.0. The van der Waals surface area contributed by atoms with Gasteiger partial charge in [-0.3, -0.25) is 23.4 Å². The maximum Gasteiger partial charge on any atom is 0.472 e. The molecule has 0 fully saturated rings. The lowest BCUT2D eigenvalue weighted by Gasteiger charge is -2.21. The molecule has 0 aliphatic rings. The number of unbranched alkanes of at least 4 members (excludes halogenated alkanes) is 6. The van der Waals surface area contributed by atoms with Crippen LogP contribution in [0.2, 0.25) is 0 Å². The smallest absolute Gasteiger partial charge is 0.461 e. The Hall–Kier alpha value is -4.90. The van der Waals surface area contributed by atoms with E-state index in [2.05, 4.69) is 142 Å². The van der Waals surface area contributed by atoms with Gasteiger partial charge in [0.2, 0.25) is 0 Å². The van der Waals surface area contributed by atoms with Gasteiger partial charge in [0.1, 0.15) is 12.7 Å². The van der Waals surface area contributed by atoms with Crippen LogP contribution in [0.15, 0.2) is 158 Å². The van der Waals surface area contributed by atoms with Crippen molar-refractivity contribution in [1.82, 2.24) is 0 Å². The Morgan fingerprint density at radius 2 is 0.716 bits per heavy atom. The molecule has 12 heteroatoms. The second-order valence-electron chi connectivity index (χ2n) is 17.3. The van der Waals surface area contributed by atoms with Gasteiger partial charge in [-0.05, 0) is 116 Å². The predicted octanol–water partition coefficient (Wildman–Crippen LogP) is 16.1. The van der Waals surface area contributed by atoms with Gasteiger partial charge in [-0.15, -0.1) is 0 Å². The van der Waals surface area contributed by atoms with Crippen LogP contribution in [-0.4, -0.2) is 66.5 Å². The molecule has 0 saturated carbocycles. The molecule has 0 aromatic rings. The molecule has 0 radical (unpaired) electrons. The van der Waals surface area contributed by atoms with Crippen LogP contribution in [0.1, 0.15) is 175 Å². The third kappa shape index (κ3) is 52.0. The van der Waals surface area contributed by atoms with E-state index in [9.17, 15) is 28.9 Å². The molecular formula is C62H95O11P. The van der Waals surface area contributed by atoms with Gasteiger partial charge in [-0.1, -0.05) is 198 Å². The second-order valence-corrected chi connectivity index (χ2v) is 18.7. The van der Waals surface area contributed by atoms with Crippen molar-refractivity contribution in [3.63, 3.8) is 0 Å². The third-order valence-corrected chi connectivity index (χ3v) is 11.4. The van der Waals surface area contributed by atoms with Gasteiger partial charge in [0, 0.05) is 12.8 Å². The van der Waals surface area contributed by atoms with Crippen LogP contribution in [0.4, 0.5) is 0 Å². The van der Waals surface area contributed by atoms with Crippen molar-refractivity contribution in [1.29, 1.82) is 0 Å². The van der Waals surface area contributed by atoms with Crippen LogP contribution < -0.4 is 0 Å². The first-order chi connectivity index (χ1) is 36.2. The van der Waals surface area contributed by atoms with Crippen molar-refractivity contribution in [2.45, 2.75) is 187 Å². The fourth-order valence-corrected chi connectivity index (χ4v) is 7.20. The maximum atomic E-state index is 12.9. The van der Waals surface area contributed by atoms with Gasteiger partial charge in [0.25, 0.3) is 0 Å². The number of allylic oxidation sites excluding steroid dienone is 25. The van der Waals surface area contributed by atoms with E-state index >= 15 is 0 Å². The van der Waals surface area contributed by atoms with Gasteiger partial charge in [-0.25, -0.2) is 4.57 Å². The minimum absolute atomic E-state index is 0.0284. The second kappa shape index (κ2) is 54.4. The van der Waals surface area contributed by atoms with Crippen molar-refractivity contribution in [2.75, 3.05) is 26.4 Å². The summed E-state index contributed by atoms with van der Waals surface area (Å²) in [6.45, 7) is 4.06. The summed E-state index contributed by atoms with van der Waals surface area (Å²) < 4.78 is 39.2. The summed E-state index contributed by atoms with van der Waals surface area (Å²) >= 11 is 0. The van der Waals surface area contributed by atoms with E-state index in [4.69, 9.17) is 23.3 Å². The zero-order valence-corrected chi connectivity index (χ0v) is 46.4. The largest absolute Gasteiger partial charge is 0.472 e. The first-order valence-electron chi connectivity index (χ1n) is 27.4. The first kappa shape index (κ1) is 69.1. The number of rotatable bonds is 48. The van der Waals surface area contributed by atoms with E-state index in [-0.39, 0.29) is 19.3 Å². The minimum atomic E-state index is -4.80. The molecule has 3 unspecified atom stereocenters. The predicted molar refractivity (Wildman–Crippen MR) is 306 cm³/mol. The Kier molecular flexibility index (Phi) is 50.8. The number of esters is 3.